The number of carbonyl (C=O) groups excluding carboxylic acids is 1. The molecule has 0 atom stereocenters. The number of rotatable bonds is 6. The first-order valence-corrected chi connectivity index (χ1v) is 6.50. The average Bonchev–Trinajstić information content (AvgIpc) is 2.29. The van der Waals surface area contributed by atoms with E-state index in [1.54, 1.807) is 0 Å². The Kier molecular flexibility index (Phi) is 6.40. The highest BCUT2D eigenvalue weighted by Gasteiger charge is 2.03. The molecule has 0 radical (unpaired) electrons. The van der Waals surface area contributed by atoms with Gasteiger partial charge in [0.15, 0.2) is 0 Å². The first kappa shape index (κ1) is 13.4. The average molecular weight is 332 g/mol. The topological polar surface area (TPSA) is 41.1 Å². The highest BCUT2D eigenvalue weighted by Crippen LogP contribution is 2.06. The van der Waals surface area contributed by atoms with Gasteiger partial charge in [0.2, 0.25) is 0 Å². The van der Waals surface area contributed by atoms with Crippen molar-refractivity contribution in [1.82, 2.24) is 10.6 Å². The SMILES string of the molecule is CNCCCCNC(=O)c1ccc(I)cc1. The number of unbranched alkanes of at least 4 members (excludes halogenated alkanes) is 1. The Morgan fingerprint density at radius 1 is 1.19 bits per heavy atom. The van der Waals surface area contributed by atoms with Gasteiger partial charge in [-0.05, 0) is 73.3 Å². The van der Waals surface area contributed by atoms with Crippen LogP contribution < -0.4 is 10.6 Å². The molecule has 88 valence electrons. The summed E-state index contributed by atoms with van der Waals surface area (Å²) in [6.07, 6.45) is 2.10. The van der Waals surface area contributed by atoms with Crippen LogP contribution in [0.2, 0.25) is 0 Å². The summed E-state index contributed by atoms with van der Waals surface area (Å²) in [6, 6.07) is 7.59. The Labute approximate surface area is 110 Å². The zero-order chi connectivity index (χ0) is 11.8. The number of carbonyl (C=O) groups is 1. The van der Waals surface area contributed by atoms with Gasteiger partial charge in [-0.25, -0.2) is 0 Å². The molecule has 0 aliphatic heterocycles. The molecule has 16 heavy (non-hydrogen) atoms. The number of amides is 1. The van der Waals surface area contributed by atoms with Gasteiger partial charge in [0.25, 0.3) is 5.91 Å². The molecule has 0 bridgehead atoms. The van der Waals surface area contributed by atoms with Crippen LogP contribution in [0.1, 0.15) is 23.2 Å². The van der Waals surface area contributed by atoms with Crippen molar-refractivity contribution < 1.29 is 4.79 Å². The van der Waals surface area contributed by atoms with Crippen LogP contribution in [0.4, 0.5) is 0 Å². The van der Waals surface area contributed by atoms with Crippen molar-refractivity contribution in [2.24, 2.45) is 0 Å². The number of benzene rings is 1. The zero-order valence-corrected chi connectivity index (χ0v) is 11.6. The van der Waals surface area contributed by atoms with Gasteiger partial charge < -0.3 is 10.6 Å². The van der Waals surface area contributed by atoms with E-state index in [0.29, 0.717) is 0 Å². The van der Waals surface area contributed by atoms with Crippen LogP contribution in [0.25, 0.3) is 0 Å². The van der Waals surface area contributed by atoms with Crippen LogP contribution in [-0.2, 0) is 0 Å². The van der Waals surface area contributed by atoms with E-state index in [-0.39, 0.29) is 5.91 Å². The zero-order valence-electron chi connectivity index (χ0n) is 9.42. The van der Waals surface area contributed by atoms with Gasteiger partial charge in [0.05, 0.1) is 0 Å². The van der Waals surface area contributed by atoms with E-state index >= 15 is 0 Å². The maximum atomic E-state index is 11.7. The summed E-state index contributed by atoms with van der Waals surface area (Å²) in [5.74, 6) is 0.0147. The number of halogens is 1. The Bertz CT molecular complexity index is 324. The van der Waals surface area contributed by atoms with Crippen molar-refractivity contribution in [3.63, 3.8) is 0 Å². The van der Waals surface area contributed by atoms with Crippen LogP contribution in [-0.4, -0.2) is 26.0 Å². The Morgan fingerprint density at radius 2 is 1.81 bits per heavy atom. The van der Waals surface area contributed by atoms with Crippen molar-refractivity contribution >= 4 is 28.5 Å². The number of nitrogens with one attached hydrogen (secondary N) is 2. The van der Waals surface area contributed by atoms with E-state index in [4.69, 9.17) is 0 Å². The molecule has 1 rings (SSSR count). The Balaban J connectivity index is 2.27. The number of hydrogen-bond donors (Lipinski definition) is 2. The van der Waals surface area contributed by atoms with E-state index in [2.05, 4.69) is 33.2 Å². The molecule has 4 heteroatoms. The van der Waals surface area contributed by atoms with E-state index in [9.17, 15) is 4.79 Å². The smallest absolute Gasteiger partial charge is 0.251 e. The largest absolute Gasteiger partial charge is 0.352 e. The summed E-state index contributed by atoms with van der Waals surface area (Å²) >= 11 is 2.23. The van der Waals surface area contributed by atoms with E-state index in [0.717, 1.165) is 35.1 Å². The second-order valence-corrected chi connectivity index (χ2v) is 4.82. The molecule has 1 aromatic rings. The van der Waals surface area contributed by atoms with Crippen molar-refractivity contribution in [3.05, 3.63) is 33.4 Å². The lowest BCUT2D eigenvalue weighted by atomic mass is 10.2. The van der Waals surface area contributed by atoms with Crippen molar-refractivity contribution in [2.45, 2.75) is 12.8 Å². The molecule has 0 aliphatic carbocycles. The minimum absolute atomic E-state index is 0.0147. The first-order chi connectivity index (χ1) is 7.74. The third kappa shape index (κ3) is 4.94. The summed E-state index contributed by atoms with van der Waals surface area (Å²) < 4.78 is 1.14. The molecule has 0 saturated carbocycles. The number of hydrogen-bond acceptors (Lipinski definition) is 2. The minimum Gasteiger partial charge on any atom is -0.352 e. The van der Waals surface area contributed by atoms with Crippen molar-refractivity contribution in [3.8, 4) is 0 Å². The molecule has 0 spiro atoms. The lowest BCUT2D eigenvalue weighted by molar-refractivity contribution is 0.0953. The maximum absolute atomic E-state index is 11.7. The molecular weight excluding hydrogens is 315 g/mol. The predicted octanol–water partition coefficient (Wildman–Crippen LogP) is 2.02. The van der Waals surface area contributed by atoms with Crippen molar-refractivity contribution in [1.29, 1.82) is 0 Å². The van der Waals surface area contributed by atoms with Crippen molar-refractivity contribution in [2.75, 3.05) is 20.1 Å². The molecule has 0 heterocycles. The summed E-state index contributed by atoms with van der Waals surface area (Å²) in [6.45, 7) is 1.74. The fourth-order valence-corrected chi connectivity index (χ4v) is 1.69. The van der Waals surface area contributed by atoms with Gasteiger partial charge in [-0.1, -0.05) is 0 Å². The molecule has 3 nitrogen and oxygen atoms in total. The molecule has 1 aromatic carbocycles. The molecule has 2 N–H and O–H groups in total. The van der Waals surface area contributed by atoms with E-state index in [1.807, 2.05) is 31.3 Å². The van der Waals surface area contributed by atoms with E-state index < -0.39 is 0 Å². The second-order valence-electron chi connectivity index (χ2n) is 3.57. The van der Waals surface area contributed by atoms with Gasteiger partial charge in [0.1, 0.15) is 0 Å². The lowest BCUT2D eigenvalue weighted by Crippen LogP contribution is -2.25. The highest BCUT2D eigenvalue weighted by atomic mass is 127. The maximum Gasteiger partial charge on any atom is 0.251 e. The summed E-state index contributed by atoms with van der Waals surface area (Å²) in [5, 5.41) is 5.99. The summed E-state index contributed by atoms with van der Waals surface area (Å²) in [4.78, 5) is 11.7. The fourth-order valence-electron chi connectivity index (χ4n) is 1.33. The standard InChI is InChI=1S/C12H17IN2O/c1-14-8-2-3-9-15-12(16)10-4-6-11(13)7-5-10/h4-7,14H,2-3,8-9H2,1H3,(H,15,16). The van der Waals surface area contributed by atoms with Gasteiger partial charge in [-0.3, -0.25) is 4.79 Å². The molecule has 1 amide bonds. The Hall–Kier alpha value is -0.620. The third-order valence-corrected chi connectivity index (χ3v) is 2.96. The van der Waals surface area contributed by atoms with Crippen LogP contribution in [0, 0.1) is 3.57 Å². The molecular formula is C12H17IN2O. The predicted molar refractivity (Wildman–Crippen MR) is 74.7 cm³/mol. The third-order valence-electron chi connectivity index (χ3n) is 2.25. The molecule has 0 aliphatic rings. The molecule has 0 aromatic heterocycles. The van der Waals surface area contributed by atoms with Crippen LogP contribution in [0.3, 0.4) is 0 Å². The molecule has 0 fully saturated rings. The molecule has 0 unspecified atom stereocenters. The van der Waals surface area contributed by atoms with Gasteiger partial charge in [-0.2, -0.15) is 0 Å². The minimum atomic E-state index is 0.0147. The van der Waals surface area contributed by atoms with Crippen LogP contribution in [0.15, 0.2) is 24.3 Å². The summed E-state index contributed by atoms with van der Waals surface area (Å²) in [7, 11) is 1.93. The van der Waals surface area contributed by atoms with Gasteiger partial charge in [-0.15, -0.1) is 0 Å². The van der Waals surface area contributed by atoms with Crippen LogP contribution in [0.5, 0.6) is 0 Å². The normalized spacial score (nSPS) is 10.1. The quantitative estimate of drug-likeness (QED) is 0.618. The fraction of sp³-hybridized carbons (Fsp3) is 0.417. The lowest BCUT2D eigenvalue weighted by Gasteiger charge is -2.05. The highest BCUT2D eigenvalue weighted by molar-refractivity contribution is 14.1. The molecule has 0 saturated heterocycles. The van der Waals surface area contributed by atoms with E-state index in [1.165, 1.54) is 0 Å². The first-order valence-electron chi connectivity index (χ1n) is 5.42. The van der Waals surface area contributed by atoms with Gasteiger partial charge >= 0.3 is 0 Å². The van der Waals surface area contributed by atoms with Gasteiger partial charge in [0, 0.05) is 15.7 Å². The Morgan fingerprint density at radius 3 is 2.44 bits per heavy atom. The second kappa shape index (κ2) is 7.62. The summed E-state index contributed by atoms with van der Waals surface area (Å²) in [5.41, 5.74) is 0.731. The monoisotopic (exact) mass is 332 g/mol. The van der Waals surface area contributed by atoms with Crippen LogP contribution >= 0.6 is 22.6 Å².